The molecule has 8 heteroatoms. The molecule has 0 unspecified atom stereocenters. The summed E-state index contributed by atoms with van der Waals surface area (Å²) in [7, 11) is 1.88. The first-order valence-electron chi connectivity index (χ1n) is 8.28. The first-order valence-corrected chi connectivity index (χ1v) is 9.27. The molecule has 3 heterocycles. The van der Waals surface area contributed by atoms with Crippen LogP contribution in [0.3, 0.4) is 0 Å². The zero-order valence-corrected chi connectivity index (χ0v) is 15.3. The first kappa shape index (κ1) is 17.2. The van der Waals surface area contributed by atoms with E-state index < -0.39 is 0 Å². The van der Waals surface area contributed by atoms with Gasteiger partial charge in [0.2, 0.25) is 5.91 Å². The molecule has 0 atom stereocenters. The van der Waals surface area contributed by atoms with Gasteiger partial charge in [-0.05, 0) is 24.3 Å². The fourth-order valence-electron chi connectivity index (χ4n) is 2.71. The van der Waals surface area contributed by atoms with E-state index in [4.69, 9.17) is 0 Å². The van der Waals surface area contributed by atoms with Gasteiger partial charge in [-0.1, -0.05) is 30.0 Å². The van der Waals surface area contributed by atoms with Gasteiger partial charge in [0.1, 0.15) is 0 Å². The number of rotatable bonds is 5. The minimum Gasteiger partial charge on any atom is -0.325 e. The number of benzene rings is 1. The molecule has 4 aromatic rings. The zero-order valence-electron chi connectivity index (χ0n) is 14.5. The Hall–Kier alpha value is -3.26. The quantitative estimate of drug-likeness (QED) is 0.539. The summed E-state index contributed by atoms with van der Waals surface area (Å²) in [5.74, 6) is 0.865. The van der Waals surface area contributed by atoms with Gasteiger partial charge < -0.3 is 9.88 Å². The predicted molar refractivity (Wildman–Crippen MR) is 105 cm³/mol. The minimum absolute atomic E-state index is 0.107. The topological polar surface area (TPSA) is 85.6 Å². The highest BCUT2D eigenvalue weighted by Gasteiger charge is 2.13. The Bertz CT molecular complexity index is 1090. The summed E-state index contributed by atoms with van der Waals surface area (Å²) in [5.41, 5.74) is 2.53. The maximum atomic E-state index is 12.4. The van der Waals surface area contributed by atoms with E-state index >= 15 is 0 Å². The Kier molecular flexibility index (Phi) is 4.80. The van der Waals surface area contributed by atoms with Crippen molar-refractivity contribution in [3.8, 4) is 11.4 Å². The van der Waals surface area contributed by atoms with Gasteiger partial charge in [-0.2, -0.15) is 0 Å². The Balaban J connectivity index is 1.45. The summed E-state index contributed by atoms with van der Waals surface area (Å²) in [4.78, 5) is 20.7. The molecule has 0 aliphatic rings. The maximum absolute atomic E-state index is 12.4. The van der Waals surface area contributed by atoms with Crippen molar-refractivity contribution in [2.45, 2.75) is 5.16 Å². The number of carbonyl (C=O) groups excluding carboxylic acids is 1. The summed E-state index contributed by atoms with van der Waals surface area (Å²) in [5, 5.41) is 12.9. The van der Waals surface area contributed by atoms with E-state index in [1.807, 2.05) is 48.0 Å². The largest absolute Gasteiger partial charge is 0.325 e. The van der Waals surface area contributed by atoms with E-state index in [9.17, 15) is 4.79 Å². The summed E-state index contributed by atoms with van der Waals surface area (Å²) >= 11 is 1.34. The number of hydrogen-bond donors (Lipinski definition) is 1. The molecule has 0 saturated heterocycles. The molecule has 1 aromatic carbocycles. The molecule has 3 aromatic heterocycles. The van der Waals surface area contributed by atoms with Gasteiger partial charge in [-0.25, -0.2) is 0 Å². The predicted octanol–water partition coefficient (Wildman–Crippen LogP) is 3.16. The number of anilines is 1. The second kappa shape index (κ2) is 7.55. The number of amides is 1. The third kappa shape index (κ3) is 3.65. The molecular formula is C19H16N6OS. The van der Waals surface area contributed by atoms with Crippen molar-refractivity contribution in [2.75, 3.05) is 11.1 Å². The van der Waals surface area contributed by atoms with Crippen molar-refractivity contribution in [1.82, 2.24) is 24.7 Å². The van der Waals surface area contributed by atoms with Gasteiger partial charge in [0.05, 0.1) is 17.0 Å². The second-order valence-corrected chi connectivity index (χ2v) is 6.76. The molecule has 134 valence electrons. The van der Waals surface area contributed by atoms with Crippen molar-refractivity contribution in [2.24, 2.45) is 7.05 Å². The van der Waals surface area contributed by atoms with Crippen LogP contribution in [0.2, 0.25) is 0 Å². The van der Waals surface area contributed by atoms with Gasteiger partial charge in [0.15, 0.2) is 11.0 Å². The van der Waals surface area contributed by atoms with Crippen LogP contribution in [0.15, 0.2) is 66.2 Å². The molecule has 0 radical (unpaired) electrons. The smallest absolute Gasteiger partial charge is 0.234 e. The van der Waals surface area contributed by atoms with Gasteiger partial charge in [-0.15, -0.1) is 10.2 Å². The first-order chi connectivity index (χ1) is 13.2. The van der Waals surface area contributed by atoms with Crippen LogP contribution in [-0.4, -0.2) is 36.4 Å². The standard InChI is InChI=1S/C19H16N6OS/c1-25-18(13-6-9-20-10-7-13)23-24-19(25)27-12-17(26)22-16-8-11-21-15-5-3-2-4-14(15)16/h2-11H,12H2,1H3,(H,21,22,26). The van der Waals surface area contributed by atoms with Crippen LogP contribution in [0.4, 0.5) is 5.69 Å². The molecule has 1 N–H and O–H groups in total. The fourth-order valence-corrected chi connectivity index (χ4v) is 3.43. The molecule has 0 saturated carbocycles. The number of para-hydroxylation sites is 1. The van der Waals surface area contributed by atoms with Crippen molar-refractivity contribution >= 4 is 34.3 Å². The lowest BCUT2D eigenvalue weighted by molar-refractivity contribution is -0.113. The normalized spacial score (nSPS) is 10.9. The Morgan fingerprint density at radius 1 is 1.07 bits per heavy atom. The average Bonchev–Trinajstić information content (AvgIpc) is 3.08. The molecule has 0 aliphatic carbocycles. The fraction of sp³-hybridized carbons (Fsp3) is 0.105. The third-order valence-electron chi connectivity index (χ3n) is 4.03. The van der Waals surface area contributed by atoms with Crippen LogP contribution in [0.5, 0.6) is 0 Å². The number of aromatic nitrogens is 5. The second-order valence-electron chi connectivity index (χ2n) is 5.81. The summed E-state index contributed by atoms with van der Waals surface area (Å²) in [6, 6.07) is 13.3. The highest BCUT2D eigenvalue weighted by molar-refractivity contribution is 7.99. The number of carbonyl (C=O) groups is 1. The highest BCUT2D eigenvalue weighted by atomic mass is 32.2. The molecular weight excluding hydrogens is 360 g/mol. The van der Waals surface area contributed by atoms with Crippen molar-refractivity contribution in [3.05, 3.63) is 61.1 Å². The lowest BCUT2D eigenvalue weighted by Gasteiger charge is -2.08. The SMILES string of the molecule is Cn1c(SCC(=O)Nc2ccnc3ccccc23)nnc1-c1ccncc1. The maximum Gasteiger partial charge on any atom is 0.234 e. The van der Waals surface area contributed by atoms with Gasteiger partial charge >= 0.3 is 0 Å². The van der Waals surface area contributed by atoms with Gasteiger partial charge in [0.25, 0.3) is 0 Å². The van der Waals surface area contributed by atoms with Crippen LogP contribution < -0.4 is 5.32 Å². The van der Waals surface area contributed by atoms with Crippen LogP contribution in [0, 0.1) is 0 Å². The van der Waals surface area contributed by atoms with Gasteiger partial charge in [-0.3, -0.25) is 14.8 Å². The number of fused-ring (bicyclic) bond motifs is 1. The Labute approximate surface area is 159 Å². The van der Waals surface area contributed by atoms with E-state index in [0.29, 0.717) is 5.16 Å². The summed E-state index contributed by atoms with van der Waals surface area (Å²) < 4.78 is 1.87. The molecule has 4 rings (SSSR count). The number of thioether (sulfide) groups is 1. The monoisotopic (exact) mass is 376 g/mol. The number of nitrogens with one attached hydrogen (secondary N) is 1. The van der Waals surface area contributed by atoms with E-state index in [-0.39, 0.29) is 11.7 Å². The summed E-state index contributed by atoms with van der Waals surface area (Å²) in [6.07, 6.45) is 5.11. The van der Waals surface area contributed by atoms with Crippen molar-refractivity contribution in [3.63, 3.8) is 0 Å². The van der Waals surface area contributed by atoms with Crippen molar-refractivity contribution in [1.29, 1.82) is 0 Å². The number of nitrogens with zero attached hydrogens (tertiary/aromatic N) is 5. The lowest BCUT2D eigenvalue weighted by Crippen LogP contribution is -2.14. The van der Waals surface area contributed by atoms with Crippen molar-refractivity contribution < 1.29 is 4.79 Å². The highest BCUT2D eigenvalue weighted by Crippen LogP contribution is 2.24. The number of hydrogen-bond acceptors (Lipinski definition) is 6. The molecule has 0 aliphatic heterocycles. The van der Waals surface area contributed by atoms with E-state index in [0.717, 1.165) is 28.0 Å². The van der Waals surface area contributed by atoms with Crippen LogP contribution >= 0.6 is 11.8 Å². The van der Waals surface area contributed by atoms with Crippen LogP contribution in [0.1, 0.15) is 0 Å². The van der Waals surface area contributed by atoms with Gasteiger partial charge in [0, 0.05) is 36.6 Å². The average molecular weight is 376 g/mol. The van der Waals surface area contributed by atoms with Crippen LogP contribution in [-0.2, 0) is 11.8 Å². The molecule has 0 bridgehead atoms. The number of pyridine rings is 2. The molecule has 1 amide bonds. The molecule has 7 nitrogen and oxygen atoms in total. The van der Waals surface area contributed by atoms with Crippen LogP contribution in [0.25, 0.3) is 22.3 Å². The van der Waals surface area contributed by atoms with E-state index in [1.54, 1.807) is 24.7 Å². The zero-order chi connectivity index (χ0) is 18.6. The van der Waals surface area contributed by atoms with E-state index in [2.05, 4.69) is 25.5 Å². The molecule has 27 heavy (non-hydrogen) atoms. The Morgan fingerprint density at radius 3 is 2.74 bits per heavy atom. The molecule has 0 fully saturated rings. The van der Waals surface area contributed by atoms with E-state index in [1.165, 1.54) is 11.8 Å². The summed E-state index contributed by atoms with van der Waals surface area (Å²) in [6.45, 7) is 0. The minimum atomic E-state index is -0.107. The third-order valence-corrected chi connectivity index (χ3v) is 5.05. The molecule has 0 spiro atoms. The lowest BCUT2D eigenvalue weighted by atomic mass is 10.2. The Morgan fingerprint density at radius 2 is 1.89 bits per heavy atom.